The van der Waals surface area contributed by atoms with Crippen molar-refractivity contribution in [1.29, 1.82) is 0 Å². The zero-order valence-electron chi connectivity index (χ0n) is 10.3. The molecule has 0 saturated heterocycles. The molecule has 2 heterocycles. The Kier molecular flexibility index (Phi) is 2.31. The molecule has 1 aromatic rings. The minimum atomic E-state index is 0.807. The summed E-state index contributed by atoms with van der Waals surface area (Å²) in [5.74, 6) is 0. The Morgan fingerprint density at radius 2 is 1.76 bits per heavy atom. The monoisotopic (exact) mass is 232 g/mol. The summed E-state index contributed by atoms with van der Waals surface area (Å²) >= 11 is 0. The van der Waals surface area contributed by atoms with Gasteiger partial charge in [-0.15, -0.1) is 0 Å². The molecule has 3 rings (SSSR count). The summed E-state index contributed by atoms with van der Waals surface area (Å²) in [6, 6.07) is 0. The first-order valence-electron chi connectivity index (χ1n) is 6.38. The van der Waals surface area contributed by atoms with Crippen molar-refractivity contribution < 1.29 is 0 Å². The smallest absolute Gasteiger partial charge is 0.0657 e. The van der Waals surface area contributed by atoms with Crippen LogP contribution < -0.4 is 21.7 Å². The molecule has 2 aliphatic heterocycles. The van der Waals surface area contributed by atoms with Gasteiger partial charge in [0.25, 0.3) is 0 Å². The average Bonchev–Trinajstić information content (AvgIpc) is 2.36. The van der Waals surface area contributed by atoms with E-state index in [4.69, 9.17) is 11.5 Å². The van der Waals surface area contributed by atoms with Crippen molar-refractivity contribution in [3.8, 4) is 0 Å². The number of anilines is 4. The second kappa shape index (κ2) is 3.72. The highest BCUT2D eigenvalue weighted by Gasteiger charge is 2.26. The number of rotatable bonds is 0. The quantitative estimate of drug-likeness (QED) is 0.469. The highest BCUT2D eigenvalue weighted by molar-refractivity contribution is 5.91. The summed E-state index contributed by atoms with van der Waals surface area (Å²) in [5, 5.41) is 3.51. The van der Waals surface area contributed by atoms with Crippen LogP contribution in [0, 0.1) is 0 Å². The maximum absolute atomic E-state index is 6.21. The van der Waals surface area contributed by atoms with Crippen LogP contribution in [0.25, 0.3) is 0 Å². The lowest BCUT2D eigenvalue weighted by Crippen LogP contribution is -2.29. The molecular weight excluding hydrogens is 212 g/mol. The van der Waals surface area contributed by atoms with Crippen LogP contribution in [0.15, 0.2) is 0 Å². The van der Waals surface area contributed by atoms with E-state index in [9.17, 15) is 0 Å². The molecule has 5 N–H and O–H groups in total. The lowest BCUT2D eigenvalue weighted by Gasteiger charge is -2.35. The normalized spacial score (nSPS) is 18.3. The Morgan fingerprint density at radius 3 is 2.59 bits per heavy atom. The summed E-state index contributed by atoms with van der Waals surface area (Å²) in [6.45, 7) is 2.14. The van der Waals surface area contributed by atoms with Gasteiger partial charge in [-0.3, -0.25) is 0 Å². The molecule has 0 saturated carbocycles. The first-order chi connectivity index (χ1) is 8.20. The molecule has 0 aromatic heterocycles. The first kappa shape index (κ1) is 10.6. The molecule has 4 heteroatoms. The van der Waals surface area contributed by atoms with Crippen LogP contribution in [-0.4, -0.2) is 20.1 Å². The third kappa shape index (κ3) is 1.43. The van der Waals surface area contributed by atoms with Gasteiger partial charge in [-0.05, 0) is 25.7 Å². The number of hydrogen-bond acceptors (Lipinski definition) is 4. The maximum atomic E-state index is 6.21. The molecule has 0 spiro atoms. The van der Waals surface area contributed by atoms with Crippen LogP contribution in [0.1, 0.15) is 24.0 Å². The van der Waals surface area contributed by atoms with Crippen LogP contribution in [0.5, 0.6) is 0 Å². The Bertz CT molecular complexity index is 467. The van der Waals surface area contributed by atoms with Gasteiger partial charge in [0.15, 0.2) is 0 Å². The fraction of sp³-hybridized carbons (Fsp3) is 0.538. The summed E-state index contributed by atoms with van der Waals surface area (Å²) in [4.78, 5) is 2.31. The molecule has 0 amide bonds. The number of hydrogen-bond donors (Lipinski definition) is 3. The van der Waals surface area contributed by atoms with Crippen molar-refractivity contribution in [3.05, 3.63) is 11.1 Å². The zero-order chi connectivity index (χ0) is 12.0. The van der Waals surface area contributed by atoms with Gasteiger partial charge in [-0.1, -0.05) is 0 Å². The average molecular weight is 232 g/mol. The summed E-state index contributed by atoms with van der Waals surface area (Å²) in [6.07, 6.45) is 4.38. The lowest BCUT2D eigenvalue weighted by molar-refractivity contribution is 0.740. The molecular formula is C13H20N4. The molecule has 0 radical (unpaired) electrons. The summed E-state index contributed by atoms with van der Waals surface area (Å²) in [5.41, 5.74) is 19.0. The zero-order valence-corrected chi connectivity index (χ0v) is 10.3. The predicted molar refractivity (Wildman–Crippen MR) is 73.7 cm³/mol. The van der Waals surface area contributed by atoms with E-state index in [1.165, 1.54) is 22.5 Å². The highest BCUT2D eigenvalue weighted by Crippen LogP contribution is 2.45. The second-order valence-corrected chi connectivity index (χ2v) is 5.06. The van der Waals surface area contributed by atoms with Crippen molar-refractivity contribution in [2.45, 2.75) is 25.7 Å². The molecule has 1 aromatic carbocycles. The minimum Gasteiger partial charge on any atom is -0.397 e. The standard InChI is InChI=1S/C13H20N4/c1-17-7-3-5-9-11(15)10(14)8-4-2-6-16-12(8)13(9)17/h16H,2-7,14-15H2,1H3. The molecule has 0 fully saturated rings. The SMILES string of the molecule is CN1CCCc2c(N)c(N)c3c(c21)NCCC3. The largest absolute Gasteiger partial charge is 0.397 e. The summed E-state index contributed by atoms with van der Waals surface area (Å²) in [7, 11) is 2.14. The fourth-order valence-corrected chi connectivity index (χ4v) is 3.09. The number of fused-ring (bicyclic) bond motifs is 3. The van der Waals surface area contributed by atoms with E-state index in [2.05, 4.69) is 17.3 Å². The number of nitrogen functional groups attached to an aromatic ring is 2. The topological polar surface area (TPSA) is 67.3 Å². The van der Waals surface area contributed by atoms with Gasteiger partial charge >= 0.3 is 0 Å². The van der Waals surface area contributed by atoms with Gasteiger partial charge in [-0.2, -0.15) is 0 Å². The lowest BCUT2D eigenvalue weighted by atomic mass is 9.91. The molecule has 0 bridgehead atoms. The van der Waals surface area contributed by atoms with E-state index < -0.39 is 0 Å². The summed E-state index contributed by atoms with van der Waals surface area (Å²) < 4.78 is 0. The maximum Gasteiger partial charge on any atom is 0.0657 e. The van der Waals surface area contributed by atoms with Gasteiger partial charge in [0, 0.05) is 31.3 Å². The third-order valence-electron chi connectivity index (χ3n) is 3.97. The Balaban J connectivity index is 2.28. The van der Waals surface area contributed by atoms with Gasteiger partial charge < -0.3 is 21.7 Å². The third-order valence-corrected chi connectivity index (χ3v) is 3.97. The van der Waals surface area contributed by atoms with E-state index in [1.807, 2.05) is 0 Å². The van der Waals surface area contributed by atoms with E-state index >= 15 is 0 Å². The number of nitrogens with one attached hydrogen (secondary N) is 1. The van der Waals surface area contributed by atoms with Crippen molar-refractivity contribution in [2.75, 3.05) is 41.8 Å². The number of nitrogens with zero attached hydrogens (tertiary/aromatic N) is 1. The van der Waals surface area contributed by atoms with Crippen LogP contribution in [0.2, 0.25) is 0 Å². The fourth-order valence-electron chi connectivity index (χ4n) is 3.09. The number of nitrogens with two attached hydrogens (primary N) is 2. The molecule has 92 valence electrons. The number of benzene rings is 1. The Hall–Kier alpha value is -1.58. The van der Waals surface area contributed by atoms with Gasteiger partial charge in [0.05, 0.1) is 22.7 Å². The molecule has 0 aliphatic carbocycles. The van der Waals surface area contributed by atoms with Gasteiger partial charge in [0.1, 0.15) is 0 Å². The Labute approximate surface area is 102 Å². The van der Waals surface area contributed by atoms with Crippen LogP contribution >= 0.6 is 0 Å². The second-order valence-electron chi connectivity index (χ2n) is 5.06. The van der Waals surface area contributed by atoms with Crippen LogP contribution in [-0.2, 0) is 12.8 Å². The van der Waals surface area contributed by atoms with Crippen molar-refractivity contribution in [1.82, 2.24) is 0 Å². The van der Waals surface area contributed by atoms with Crippen LogP contribution in [0.3, 0.4) is 0 Å². The van der Waals surface area contributed by atoms with Gasteiger partial charge in [-0.25, -0.2) is 0 Å². The highest BCUT2D eigenvalue weighted by atomic mass is 15.1. The van der Waals surface area contributed by atoms with E-state index in [0.29, 0.717) is 0 Å². The van der Waals surface area contributed by atoms with Gasteiger partial charge in [0.2, 0.25) is 0 Å². The van der Waals surface area contributed by atoms with E-state index in [1.54, 1.807) is 0 Å². The minimum absolute atomic E-state index is 0.807. The first-order valence-corrected chi connectivity index (χ1v) is 6.38. The molecule has 0 unspecified atom stereocenters. The van der Waals surface area contributed by atoms with Crippen LogP contribution in [0.4, 0.5) is 22.7 Å². The molecule has 4 nitrogen and oxygen atoms in total. The van der Waals surface area contributed by atoms with Crippen molar-refractivity contribution in [2.24, 2.45) is 0 Å². The van der Waals surface area contributed by atoms with E-state index in [0.717, 1.165) is 50.1 Å². The van der Waals surface area contributed by atoms with E-state index in [-0.39, 0.29) is 0 Å². The molecule has 2 aliphatic rings. The van der Waals surface area contributed by atoms with Crippen molar-refractivity contribution >= 4 is 22.7 Å². The predicted octanol–water partition coefficient (Wildman–Crippen LogP) is 1.59. The Morgan fingerprint density at radius 1 is 1.06 bits per heavy atom. The van der Waals surface area contributed by atoms with Crippen molar-refractivity contribution in [3.63, 3.8) is 0 Å². The molecule has 17 heavy (non-hydrogen) atoms. The molecule has 0 atom stereocenters.